The summed E-state index contributed by atoms with van der Waals surface area (Å²) in [6.45, 7) is 1.54. The lowest BCUT2D eigenvalue weighted by Gasteiger charge is -2.21. The van der Waals surface area contributed by atoms with Gasteiger partial charge in [-0.15, -0.1) is 0 Å². The first kappa shape index (κ1) is 15.9. The maximum absolute atomic E-state index is 13.5. The van der Waals surface area contributed by atoms with Gasteiger partial charge in [-0.25, -0.2) is 13.6 Å². The van der Waals surface area contributed by atoms with Crippen molar-refractivity contribution in [2.75, 3.05) is 13.6 Å². The van der Waals surface area contributed by atoms with Crippen LogP contribution in [0.25, 0.3) is 0 Å². The lowest BCUT2D eigenvalue weighted by molar-refractivity contribution is -0.137. The summed E-state index contributed by atoms with van der Waals surface area (Å²) in [5.41, 5.74) is 0.0324. The van der Waals surface area contributed by atoms with E-state index in [-0.39, 0.29) is 18.5 Å². The third-order valence-electron chi connectivity index (χ3n) is 2.80. The van der Waals surface area contributed by atoms with Crippen LogP contribution in [0.3, 0.4) is 0 Å². The normalized spacial score (nSPS) is 11.8. The zero-order valence-corrected chi connectivity index (χ0v) is 11.2. The van der Waals surface area contributed by atoms with E-state index in [4.69, 9.17) is 5.11 Å². The first-order chi connectivity index (χ1) is 9.32. The van der Waals surface area contributed by atoms with E-state index in [0.29, 0.717) is 0 Å². The van der Waals surface area contributed by atoms with Crippen LogP contribution < -0.4 is 5.32 Å². The fraction of sp³-hybridized carbons (Fsp3) is 0.385. The van der Waals surface area contributed by atoms with E-state index < -0.39 is 29.7 Å². The first-order valence-corrected chi connectivity index (χ1v) is 6.00. The predicted molar refractivity (Wildman–Crippen MR) is 68.2 cm³/mol. The van der Waals surface area contributed by atoms with E-state index in [0.717, 1.165) is 6.07 Å². The molecular weight excluding hydrogens is 270 g/mol. The number of carbonyl (C=O) groups is 2. The first-order valence-electron chi connectivity index (χ1n) is 6.00. The van der Waals surface area contributed by atoms with Crippen LogP contribution in [0.2, 0.25) is 0 Å². The summed E-state index contributed by atoms with van der Waals surface area (Å²) in [5, 5.41) is 11.0. The van der Waals surface area contributed by atoms with Crippen LogP contribution >= 0.6 is 0 Å². The van der Waals surface area contributed by atoms with Gasteiger partial charge in [0, 0.05) is 19.2 Å². The number of carboxylic acids is 1. The Kier molecular flexibility index (Phi) is 5.42. The smallest absolute Gasteiger partial charge is 0.317 e. The molecule has 0 heterocycles. The van der Waals surface area contributed by atoms with E-state index in [9.17, 15) is 18.4 Å². The van der Waals surface area contributed by atoms with Crippen molar-refractivity contribution in [3.05, 3.63) is 35.4 Å². The summed E-state index contributed by atoms with van der Waals surface area (Å²) in [6.07, 6.45) is -0.188. The zero-order valence-electron chi connectivity index (χ0n) is 11.2. The average molecular weight is 286 g/mol. The highest BCUT2D eigenvalue weighted by Gasteiger charge is 2.18. The van der Waals surface area contributed by atoms with Crippen LogP contribution in [0, 0.1) is 11.6 Å². The number of carboxylic acid groups (broad SMARTS) is 1. The molecule has 0 saturated carbocycles. The quantitative estimate of drug-likeness (QED) is 0.871. The molecule has 7 heteroatoms. The number of rotatable bonds is 5. The summed E-state index contributed by atoms with van der Waals surface area (Å²) in [4.78, 5) is 23.3. The standard InChI is InChI=1S/C13H16F2N2O3/c1-8(9-4-3-5-10(14)12(9)15)16-13(20)17(2)7-6-11(18)19/h3-5,8H,6-7H2,1-2H3,(H,16,20)(H,18,19). The Bertz CT molecular complexity index is 508. The van der Waals surface area contributed by atoms with Gasteiger partial charge in [-0.1, -0.05) is 12.1 Å². The molecule has 0 aliphatic heterocycles. The Morgan fingerprint density at radius 2 is 2.05 bits per heavy atom. The molecule has 0 aliphatic carbocycles. The second-order valence-corrected chi connectivity index (χ2v) is 4.38. The van der Waals surface area contributed by atoms with E-state index >= 15 is 0 Å². The summed E-state index contributed by atoms with van der Waals surface area (Å²) in [5.74, 6) is -3.01. The van der Waals surface area contributed by atoms with Gasteiger partial charge in [-0.3, -0.25) is 4.79 Å². The van der Waals surface area contributed by atoms with Crippen LogP contribution in [0.15, 0.2) is 18.2 Å². The molecule has 2 amide bonds. The SMILES string of the molecule is CC(NC(=O)N(C)CCC(=O)O)c1cccc(F)c1F. The molecule has 0 radical (unpaired) electrons. The summed E-state index contributed by atoms with van der Waals surface area (Å²) < 4.78 is 26.6. The molecule has 1 aromatic rings. The highest BCUT2D eigenvalue weighted by atomic mass is 19.2. The Balaban J connectivity index is 2.65. The summed E-state index contributed by atoms with van der Waals surface area (Å²) in [6, 6.07) is 2.44. The van der Waals surface area contributed by atoms with Crippen molar-refractivity contribution >= 4 is 12.0 Å². The Morgan fingerprint density at radius 1 is 1.40 bits per heavy atom. The van der Waals surface area contributed by atoms with Crippen molar-refractivity contribution in [1.82, 2.24) is 10.2 Å². The zero-order chi connectivity index (χ0) is 15.3. The molecule has 0 spiro atoms. The van der Waals surface area contributed by atoms with Gasteiger partial charge in [0.1, 0.15) is 0 Å². The molecule has 1 atom stereocenters. The van der Waals surface area contributed by atoms with Crippen molar-refractivity contribution in [2.24, 2.45) is 0 Å². The fourth-order valence-corrected chi connectivity index (χ4v) is 1.59. The van der Waals surface area contributed by atoms with Gasteiger partial charge < -0.3 is 15.3 Å². The van der Waals surface area contributed by atoms with Crippen molar-refractivity contribution in [1.29, 1.82) is 0 Å². The van der Waals surface area contributed by atoms with Gasteiger partial charge in [0.2, 0.25) is 0 Å². The van der Waals surface area contributed by atoms with Crippen LogP contribution in [0.1, 0.15) is 24.9 Å². The number of aliphatic carboxylic acids is 1. The second kappa shape index (κ2) is 6.83. The molecule has 1 rings (SSSR count). The molecule has 1 aromatic carbocycles. The average Bonchev–Trinajstić information content (AvgIpc) is 2.38. The lowest BCUT2D eigenvalue weighted by Crippen LogP contribution is -2.39. The van der Waals surface area contributed by atoms with E-state index in [1.165, 1.54) is 31.0 Å². The highest BCUT2D eigenvalue weighted by molar-refractivity contribution is 5.75. The summed E-state index contributed by atoms with van der Waals surface area (Å²) in [7, 11) is 1.42. The van der Waals surface area contributed by atoms with Crippen molar-refractivity contribution < 1.29 is 23.5 Å². The molecule has 0 saturated heterocycles. The maximum atomic E-state index is 13.5. The van der Waals surface area contributed by atoms with Crippen molar-refractivity contribution in [2.45, 2.75) is 19.4 Å². The highest BCUT2D eigenvalue weighted by Crippen LogP contribution is 2.18. The van der Waals surface area contributed by atoms with Crippen LogP contribution in [-0.4, -0.2) is 35.6 Å². The van der Waals surface area contributed by atoms with Crippen LogP contribution in [0.4, 0.5) is 13.6 Å². The van der Waals surface area contributed by atoms with Crippen molar-refractivity contribution in [3.8, 4) is 0 Å². The monoisotopic (exact) mass is 286 g/mol. The fourth-order valence-electron chi connectivity index (χ4n) is 1.59. The third kappa shape index (κ3) is 4.18. The molecule has 0 aromatic heterocycles. The van der Waals surface area contributed by atoms with Gasteiger partial charge in [0.05, 0.1) is 12.5 Å². The minimum absolute atomic E-state index is 0.0273. The minimum Gasteiger partial charge on any atom is -0.481 e. The second-order valence-electron chi connectivity index (χ2n) is 4.38. The molecule has 2 N–H and O–H groups in total. The largest absolute Gasteiger partial charge is 0.481 e. The number of benzene rings is 1. The van der Waals surface area contributed by atoms with Gasteiger partial charge in [-0.2, -0.15) is 0 Å². The number of hydrogen-bond acceptors (Lipinski definition) is 2. The topological polar surface area (TPSA) is 69.6 Å². The van der Waals surface area contributed by atoms with E-state index in [1.54, 1.807) is 0 Å². The number of hydrogen-bond donors (Lipinski definition) is 2. The number of amides is 2. The number of halogens is 2. The van der Waals surface area contributed by atoms with Gasteiger partial charge in [-0.05, 0) is 13.0 Å². The maximum Gasteiger partial charge on any atom is 0.317 e. The molecule has 0 fully saturated rings. The number of urea groups is 1. The molecule has 110 valence electrons. The van der Waals surface area contributed by atoms with Crippen LogP contribution in [0.5, 0.6) is 0 Å². The number of nitrogens with one attached hydrogen (secondary N) is 1. The molecule has 1 unspecified atom stereocenters. The third-order valence-corrected chi connectivity index (χ3v) is 2.80. The van der Waals surface area contributed by atoms with Gasteiger partial charge in [0.15, 0.2) is 11.6 Å². The van der Waals surface area contributed by atoms with Crippen molar-refractivity contribution in [3.63, 3.8) is 0 Å². The molecule has 0 bridgehead atoms. The van der Waals surface area contributed by atoms with E-state index in [1.807, 2.05) is 0 Å². The van der Waals surface area contributed by atoms with E-state index in [2.05, 4.69) is 5.32 Å². The number of carbonyl (C=O) groups excluding carboxylic acids is 1. The lowest BCUT2D eigenvalue weighted by atomic mass is 10.1. The van der Waals surface area contributed by atoms with Crippen LogP contribution in [-0.2, 0) is 4.79 Å². The molecule has 5 nitrogen and oxygen atoms in total. The van der Waals surface area contributed by atoms with Gasteiger partial charge in [0.25, 0.3) is 0 Å². The summed E-state index contributed by atoms with van der Waals surface area (Å²) >= 11 is 0. The Labute approximate surface area is 115 Å². The molecule has 0 aliphatic rings. The number of nitrogens with zero attached hydrogens (tertiary/aromatic N) is 1. The Morgan fingerprint density at radius 3 is 2.65 bits per heavy atom. The van der Waals surface area contributed by atoms with Gasteiger partial charge >= 0.3 is 12.0 Å². The minimum atomic E-state index is -1.02. The predicted octanol–water partition coefficient (Wildman–Crippen LogP) is 2.14. The molecule has 20 heavy (non-hydrogen) atoms. The Hall–Kier alpha value is -2.18. The molecular formula is C13H16F2N2O3.